The van der Waals surface area contributed by atoms with Gasteiger partial charge in [0.15, 0.2) is 0 Å². The zero-order chi connectivity index (χ0) is 22.3. The predicted octanol–water partition coefficient (Wildman–Crippen LogP) is 4.26. The Morgan fingerprint density at radius 1 is 1.13 bits per heavy atom. The molecule has 31 heavy (non-hydrogen) atoms. The van der Waals surface area contributed by atoms with Crippen LogP contribution in [-0.2, 0) is 14.8 Å². The molecule has 0 aliphatic carbocycles. The lowest BCUT2D eigenvalue weighted by atomic mass is 10.1. The Morgan fingerprint density at radius 3 is 2.52 bits per heavy atom. The summed E-state index contributed by atoms with van der Waals surface area (Å²) in [6.45, 7) is 3.03. The maximum Gasteiger partial charge on any atom is 0.224 e. The first-order valence-electron chi connectivity index (χ1n) is 10.6. The fraction of sp³-hybridized carbons (Fsp3) is 0.375. The average molecular weight is 442 g/mol. The first kappa shape index (κ1) is 23.0. The highest BCUT2D eigenvalue weighted by Crippen LogP contribution is 2.24. The minimum absolute atomic E-state index is 0.0144. The van der Waals surface area contributed by atoms with Gasteiger partial charge in [0.25, 0.3) is 0 Å². The van der Waals surface area contributed by atoms with Gasteiger partial charge >= 0.3 is 0 Å². The number of amides is 1. The molecule has 1 aliphatic heterocycles. The van der Waals surface area contributed by atoms with Crippen molar-refractivity contribution in [2.24, 2.45) is 0 Å². The standard InChI is InChI=1S/C24H31N3O3S/c1-19-12-13-22(25-21-14-16-27(17-15-21)31(2,29)30)18-23(19)26-24(28)11-7-6-10-20-8-4-3-5-9-20/h3-6,8-10,12-13,18,21,25H,7,11,14-17H2,1-2H3,(H,26,28)/b10-6+. The number of carbonyl (C=O) groups is 1. The summed E-state index contributed by atoms with van der Waals surface area (Å²) in [6.07, 6.45) is 7.92. The van der Waals surface area contributed by atoms with Gasteiger partial charge in [-0.1, -0.05) is 48.6 Å². The van der Waals surface area contributed by atoms with Crippen LogP contribution in [0.4, 0.5) is 11.4 Å². The third-order valence-corrected chi connectivity index (χ3v) is 6.76. The van der Waals surface area contributed by atoms with Gasteiger partial charge in [0, 0.05) is 36.9 Å². The van der Waals surface area contributed by atoms with Crippen LogP contribution in [0.1, 0.15) is 36.8 Å². The van der Waals surface area contributed by atoms with Crippen molar-refractivity contribution in [3.05, 3.63) is 65.7 Å². The van der Waals surface area contributed by atoms with E-state index < -0.39 is 10.0 Å². The second-order valence-corrected chi connectivity index (χ2v) is 9.99. The minimum atomic E-state index is -3.12. The summed E-state index contributed by atoms with van der Waals surface area (Å²) in [5, 5.41) is 6.49. The number of benzene rings is 2. The highest BCUT2D eigenvalue weighted by molar-refractivity contribution is 7.88. The second-order valence-electron chi connectivity index (χ2n) is 8.01. The lowest BCUT2D eigenvalue weighted by Crippen LogP contribution is -2.41. The number of anilines is 2. The third kappa shape index (κ3) is 7.22. The zero-order valence-corrected chi connectivity index (χ0v) is 19.0. The Labute approximate surface area is 185 Å². The number of aryl methyl sites for hydroxylation is 1. The highest BCUT2D eigenvalue weighted by atomic mass is 32.2. The van der Waals surface area contributed by atoms with Gasteiger partial charge in [-0.15, -0.1) is 0 Å². The molecule has 2 aromatic rings. The fourth-order valence-corrected chi connectivity index (χ4v) is 4.50. The molecule has 2 aromatic carbocycles. The molecule has 0 spiro atoms. The molecule has 0 unspecified atom stereocenters. The first-order valence-corrected chi connectivity index (χ1v) is 12.5. The Hall–Kier alpha value is -2.64. The van der Waals surface area contributed by atoms with Gasteiger partial charge in [-0.05, 0) is 49.4 Å². The predicted molar refractivity (Wildman–Crippen MR) is 128 cm³/mol. The summed E-state index contributed by atoms with van der Waals surface area (Å²) in [7, 11) is -3.12. The molecule has 1 aliphatic rings. The lowest BCUT2D eigenvalue weighted by Gasteiger charge is -2.31. The van der Waals surface area contributed by atoms with E-state index in [-0.39, 0.29) is 11.9 Å². The van der Waals surface area contributed by atoms with Gasteiger partial charge in [0.05, 0.1) is 6.26 Å². The van der Waals surface area contributed by atoms with E-state index in [1.807, 2.05) is 67.6 Å². The normalized spacial score (nSPS) is 15.8. The van der Waals surface area contributed by atoms with E-state index in [1.54, 1.807) is 0 Å². The number of allylic oxidation sites excluding steroid dienone is 1. The van der Waals surface area contributed by atoms with E-state index in [0.717, 1.165) is 35.3 Å². The van der Waals surface area contributed by atoms with E-state index in [9.17, 15) is 13.2 Å². The maximum atomic E-state index is 12.4. The number of piperidine rings is 1. The van der Waals surface area contributed by atoms with Crippen molar-refractivity contribution in [3.8, 4) is 0 Å². The van der Waals surface area contributed by atoms with E-state index in [2.05, 4.69) is 10.6 Å². The molecule has 0 saturated carbocycles. The number of carbonyl (C=O) groups excluding carboxylic acids is 1. The number of hydrogen-bond donors (Lipinski definition) is 2. The highest BCUT2D eigenvalue weighted by Gasteiger charge is 2.24. The molecular weight excluding hydrogens is 410 g/mol. The van der Waals surface area contributed by atoms with Crippen molar-refractivity contribution in [3.63, 3.8) is 0 Å². The van der Waals surface area contributed by atoms with Gasteiger partial charge < -0.3 is 10.6 Å². The molecule has 1 amide bonds. The van der Waals surface area contributed by atoms with Crippen LogP contribution in [-0.4, -0.2) is 44.0 Å². The van der Waals surface area contributed by atoms with Gasteiger partial charge in [0.1, 0.15) is 0 Å². The van der Waals surface area contributed by atoms with Crippen molar-refractivity contribution in [2.45, 2.75) is 38.6 Å². The van der Waals surface area contributed by atoms with Crippen LogP contribution in [0.5, 0.6) is 0 Å². The maximum absolute atomic E-state index is 12.4. The second kappa shape index (κ2) is 10.6. The van der Waals surface area contributed by atoms with Crippen molar-refractivity contribution < 1.29 is 13.2 Å². The number of nitrogens with one attached hydrogen (secondary N) is 2. The van der Waals surface area contributed by atoms with E-state index in [0.29, 0.717) is 25.9 Å². The van der Waals surface area contributed by atoms with E-state index in [4.69, 9.17) is 0 Å². The van der Waals surface area contributed by atoms with Crippen LogP contribution in [0.3, 0.4) is 0 Å². The molecule has 1 saturated heterocycles. The van der Waals surface area contributed by atoms with Crippen molar-refractivity contribution in [1.29, 1.82) is 0 Å². The Balaban J connectivity index is 1.50. The Bertz CT molecular complexity index is 1010. The summed E-state index contributed by atoms with van der Waals surface area (Å²) < 4.78 is 24.9. The van der Waals surface area contributed by atoms with Crippen molar-refractivity contribution >= 4 is 33.4 Å². The largest absolute Gasteiger partial charge is 0.382 e. The topological polar surface area (TPSA) is 78.5 Å². The molecule has 1 fully saturated rings. The van der Waals surface area contributed by atoms with Crippen LogP contribution >= 0.6 is 0 Å². The molecule has 7 heteroatoms. The van der Waals surface area contributed by atoms with E-state index >= 15 is 0 Å². The zero-order valence-electron chi connectivity index (χ0n) is 18.2. The molecule has 0 radical (unpaired) electrons. The quantitative estimate of drug-likeness (QED) is 0.641. The van der Waals surface area contributed by atoms with Crippen molar-refractivity contribution in [1.82, 2.24) is 4.31 Å². The smallest absolute Gasteiger partial charge is 0.224 e. The van der Waals surface area contributed by atoms with Crippen molar-refractivity contribution in [2.75, 3.05) is 30.0 Å². The van der Waals surface area contributed by atoms with Crippen LogP contribution < -0.4 is 10.6 Å². The first-order chi connectivity index (χ1) is 14.8. The van der Waals surface area contributed by atoms with Gasteiger partial charge in [-0.2, -0.15) is 0 Å². The summed E-state index contributed by atoms with van der Waals surface area (Å²) in [5.41, 5.74) is 3.86. The van der Waals surface area contributed by atoms with Crippen LogP contribution in [0.2, 0.25) is 0 Å². The molecule has 0 atom stereocenters. The molecule has 3 rings (SSSR count). The number of sulfonamides is 1. The number of hydrogen-bond acceptors (Lipinski definition) is 4. The van der Waals surface area contributed by atoms with Crippen LogP contribution in [0.25, 0.3) is 6.08 Å². The summed E-state index contributed by atoms with van der Waals surface area (Å²) in [4.78, 5) is 12.4. The third-order valence-electron chi connectivity index (χ3n) is 5.45. The molecule has 0 aromatic heterocycles. The fourth-order valence-electron chi connectivity index (χ4n) is 3.62. The molecule has 6 nitrogen and oxygen atoms in total. The van der Waals surface area contributed by atoms with Crippen LogP contribution in [0.15, 0.2) is 54.6 Å². The van der Waals surface area contributed by atoms with Gasteiger partial charge in [0.2, 0.25) is 15.9 Å². The summed E-state index contributed by atoms with van der Waals surface area (Å²) in [6, 6.07) is 16.2. The Kier molecular flexibility index (Phi) is 7.87. The molecule has 1 heterocycles. The lowest BCUT2D eigenvalue weighted by molar-refractivity contribution is -0.116. The summed E-state index contributed by atoms with van der Waals surface area (Å²) >= 11 is 0. The SMILES string of the molecule is Cc1ccc(NC2CCN(S(C)(=O)=O)CC2)cc1NC(=O)CC/C=C/c1ccccc1. The number of rotatable bonds is 8. The van der Waals surface area contributed by atoms with Crippen LogP contribution in [0, 0.1) is 6.92 Å². The summed E-state index contributed by atoms with van der Waals surface area (Å²) in [5.74, 6) is -0.0144. The molecule has 0 bridgehead atoms. The molecular formula is C24H31N3O3S. The average Bonchev–Trinajstić information content (AvgIpc) is 2.74. The van der Waals surface area contributed by atoms with E-state index in [1.165, 1.54) is 10.6 Å². The molecule has 2 N–H and O–H groups in total. The molecule has 166 valence electrons. The minimum Gasteiger partial charge on any atom is -0.382 e. The monoisotopic (exact) mass is 441 g/mol. The Morgan fingerprint density at radius 2 is 1.84 bits per heavy atom. The van der Waals surface area contributed by atoms with Gasteiger partial charge in [-0.3, -0.25) is 4.79 Å². The number of nitrogens with zero attached hydrogens (tertiary/aromatic N) is 1. The van der Waals surface area contributed by atoms with Gasteiger partial charge in [-0.25, -0.2) is 12.7 Å².